The van der Waals surface area contributed by atoms with Gasteiger partial charge in [0.05, 0.1) is 4.91 Å². The molecule has 0 spiro atoms. The SMILES string of the molecule is CN(C)C(=O)c1cccc(-c2cncc3cc(/C=C4\SC(=S)NC4=O)oc23)c1. The Balaban J connectivity index is 1.77. The molecule has 0 bridgehead atoms. The van der Waals surface area contributed by atoms with Crippen LogP contribution < -0.4 is 5.32 Å². The fourth-order valence-electron chi connectivity index (χ4n) is 2.89. The lowest BCUT2D eigenvalue weighted by Crippen LogP contribution is -2.21. The topological polar surface area (TPSA) is 75.4 Å². The summed E-state index contributed by atoms with van der Waals surface area (Å²) in [6, 6.07) is 9.15. The first kappa shape index (κ1) is 18.4. The highest BCUT2D eigenvalue weighted by molar-refractivity contribution is 8.26. The molecule has 0 atom stereocenters. The minimum atomic E-state index is -0.233. The van der Waals surface area contributed by atoms with Crippen LogP contribution in [0.1, 0.15) is 16.1 Å². The monoisotopic (exact) mass is 409 g/mol. The Hall–Kier alpha value is -2.97. The van der Waals surface area contributed by atoms with Gasteiger partial charge in [0.1, 0.15) is 15.7 Å². The van der Waals surface area contributed by atoms with Gasteiger partial charge in [-0.1, -0.05) is 36.1 Å². The highest BCUT2D eigenvalue weighted by Crippen LogP contribution is 2.33. The summed E-state index contributed by atoms with van der Waals surface area (Å²) in [6.45, 7) is 0. The lowest BCUT2D eigenvalue weighted by molar-refractivity contribution is -0.115. The number of rotatable bonds is 3. The zero-order chi connectivity index (χ0) is 19.8. The van der Waals surface area contributed by atoms with E-state index in [4.69, 9.17) is 16.6 Å². The maximum absolute atomic E-state index is 12.3. The van der Waals surface area contributed by atoms with Crippen LogP contribution in [0.2, 0.25) is 0 Å². The van der Waals surface area contributed by atoms with Gasteiger partial charge in [-0.15, -0.1) is 0 Å². The third-order valence-corrected chi connectivity index (χ3v) is 5.35. The lowest BCUT2D eigenvalue weighted by Gasteiger charge is -2.11. The Morgan fingerprint density at radius 2 is 2.11 bits per heavy atom. The van der Waals surface area contributed by atoms with E-state index in [-0.39, 0.29) is 11.8 Å². The van der Waals surface area contributed by atoms with Crippen LogP contribution in [-0.2, 0) is 4.79 Å². The second-order valence-electron chi connectivity index (χ2n) is 6.39. The van der Waals surface area contributed by atoms with Crippen molar-refractivity contribution < 1.29 is 14.0 Å². The summed E-state index contributed by atoms with van der Waals surface area (Å²) in [5.74, 6) is 0.225. The van der Waals surface area contributed by atoms with Crippen LogP contribution in [0.25, 0.3) is 28.2 Å². The van der Waals surface area contributed by atoms with E-state index in [9.17, 15) is 9.59 Å². The summed E-state index contributed by atoms with van der Waals surface area (Å²) in [6.07, 6.45) is 5.06. The third-order valence-electron chi connectivity index (χ3n) is 4.18. The molecule has 1 aliphatic rings. The Labute approximate surface area is 170 Å². The number of amides is 2. The smallest absolute Gasteiger partial charge is 0.263 e. The molecule has 3 heterocycles. The zero-order valence-electron chi connectivity index (χ0n) is 15.1. The van der Waals surface area contributed by atoms with Gasteiger partial charge >= 0.3 is 0 Å². The van der Waals surface area contributed by atoms with Gasteiger partial charge in [0.2, 0.25) is 0 Å². The van der Waals surface area contributed by atoms with Crippen LogP contribution in [-0.4, -0.2) is 40.1 Å². The number of thioether (sulfide) groups is 1. The first-order chi connectivity index (χ1) is 13.4. The molecule has 1 fully saturated rings. The molecule has 6 nitrogen and oxygen atoms in total. The number of nitrogens with one attached hydrogen (secondary N) is 1. The first-order valence-corrected chi connectivity index (χ1v) is 9.59. The van der Waals surface area contributed by atoms with Crippen LogP contribution >= 0.6 is 24.0 Å². The summed E-state index contributed by atoms with van der Waals surface area (Å²) in [5, 5.41) is 3.39. The van der Waals surface area contributed by atoms with Crippen LogP contribution in [0.15, 0.2) is 52.0 Å². The maximum atomic E-state index is 12.3. The van der Waals surface area contributed by atoms with E-state index in [1.807, 2.05) is 24.3 Å². The molecule has 1 aliphatic heterocycles. The predicted octanol–water partition coefficient (Wildman–Crippen LogP) is 3.69. The first-order valence-electron chi connectivity index (χ1n) is 8.37. The number of hydrogen-bond acceptors (Lipinski definition) is 6. The molecule has 0 aliphatic carbocycles. The van der Waals surface area contributed by atoms with E-state index < -0.39 is 0 Å². The number of pyridine rings is 1. The lowest BCUT2D eigenvalue weighted by atomic mass is 10.0. The molecule has 4 rings (SSSR count). The number of aromatic nitrogens is 1. The normalized spacial score (nSPS) is 15.3. The van der Waals surface area contributed by atoms with Crippen molar-refractivity contribution in [3.05, 3.63) is 59.0 Å². The number of carbonyl (C=O) groups is 2. The quantitative estimate of drug-likeness (QED) is 0.525. The molecule has 1 aromatic carbocycles. The standard InChI is InChI=1S/C20H15N3O3S2/c1-23(2)19(25)12-5-3-4-11(6-12)15-10-21-9-13-7-14(26-17(13)15)8-16-18(24)22-20(27)28-16/h3-10H,1-2H3,(H,22,24,27)/b16-8-. The van der Waals surface area contributed by atoms with Crippen molar-refractivity contribution in [1.29, 1.82) is 0 Å². The second-order valence-corrected chi connectivity index (χ2v) is 8.11. The number of thiocarbonyl (C=S) groups is 1. The van der Waals surface area contributed by atoms with Gasteiger partial charge in [-0.2, -0.15) is 0 Å². The predicted molar refractivity (Wildman–Crippen MR) is 114 cm³/mol. The highest BCUT2D eigenvalue weighted by atomic mass is 32.2. The third kappa shape index (κ3) is 3.44. The van der Waals surface area contributed by atoms with Gasteiger partial charge in [-0.25, -0.2) is 0 Å². The van der Waals surface area contributed by atoms with E-state index in [0.717, 1.165) is 16.5 Å². The summed E-state index contributed by atoms with van der Waals surface area (Å²) in [7, 11) is 3.43. The van der Waals surface area contributed by atoms with Crippen molar-refractivity contribution in [2.45, 2.75) is 0 Å². The van der Waals surface area contributed by atoms with Crippen molar-refractivity contribution in [2.75, 3.05) is 14.1 Å². The van der Waals surface area contributed by atoms with Crippen molar-refractivity contribution >= 4 is 57.2 Å². The Bertz CT molecular complexity index is 1160. The van der Waals surface area contributed by atoms with E-state index >= 15 is 0 Å². The Morgan fingerprint density at radius 3 is 2.82 bits per heavy atom. The Kier molecular flexibility index (Phi) is 4.74. The largest absolute Gasteiger partial charge is 0.456 e. The zero-order valence-corrected chi connectivity index (χ0v) is 16.7. The van der Waals surface area contributed by atoms with Gasteiger partial charge in [0.15, 0.2) is 0 Å². The molecule has 140 valence electrons. The van der Waals surface area contributed by atoms with Crippen molar-refractivity contribution in [3.63, 3.8) is 0 Å². The Morgan fingerprint density at radius 1 is 1.29 bits per heavy atom. The van der Waals surface area contributed by atoms with E-state index in [2.05, 4.69) is 10.3 Å². The highest BCUT2D eigenvalue weighted by Gasteiger charge is 2.23. The minimum Gasteiger partial charge on any atom is -0.456 e. The molecule has 2 aromatic heterocycles. The van der Waals surface area contributed by atoms with E-state index in [1.54, 1.807) is 38.6 Å². The number of benzene rings is 1. The number of carbonyl (C=O) groups excluding carboxylic acids is 2. The summed E-state index contributed by atoms with van der Waals surface area (Å²) < 4.78 is 6.43. The molecule has 28 heavy (non-hydrogen) atoms. The van der Waals surface area contributed by atoms with Gasteiger partial charge in [-0.05, 0) is 23.8 Å². The van der Waals surface area contributed by atoms with Crippen LogP contribution in [0.4, 0.5) is 0 Å². The van der Waals surface area contributed by atoms with Gasteiger partial charge in [0.25, 0.3) is 11.8 Å². The van der Waals surface area contributed by atoms with E-state index in [1.165, 1.54) is 16.7 Å². The van der Waals surface area contributed by atoms with Gasteiger partial charge < -0.3 is 14.6 Å². The van der Waals surface area contributed by atoms with Gasteiger partial charge in [0, 0.05) is 49.1 Å². The number of furan rings is 1. The van der Waals surface area contributed by atoms with E-state index in [0.29, 0.717) is 26.1 Å². The fourth-order valence-corrected chi connectivity index (χ4v) is 3.91. The number of nitrogens with zero attached hydrogens (tertiary/aromatic N) is 2. The average Bonchev–Trinajstić information content (AvgIpc) is 3.22. The summed E-state index contributed by atoms with van der Waals surface area (Å²) in [4.78, 5) is 30.5. The van der Waals surface area contributed by atoms with Crippen molar-refractivity contribution in [2.24, 2.45) is 0 Å². The molecule has 0 radical (unpaired) electrons. The van der Waals surface area contributed by atoms with Crippen molar-refractivity contribution in [1.82, 2.24) is 15.2 Å². The fraction of sp³-hybridized carbons (Fsp3) is 0.100. The van der Waals surface area contributed by atoms with Crippen molar-refractivity contribution in [3.8, 4) is 11.1 Å². The molecule has 2 amide bonds. The molecule has 1 N–H and O–H groups in total. The minimum absolute atomic E-state index is 0.0768. The van der Waals surface area contributed by atoms with Gasteiger partial charge in [-0.3, -0.25) is 14.6 Å². The second kappa shape index (κ2) is 7.21. The summed E-state index contributed by atoms with van der Waals surface area (Å²) in [5.41, 5.74) is 2.83. The molecule has 0 saturated carbocycles. The number of hydrogen-bond donors (Lipinski definition) is 1. The van der Waals surface area contributed by atoms with Crippen LogP contribution in [0.3, 0.4) is 0 Å². The molecule has 8 heteroatoms. The molecular formula is C20H15N3O3S2. The van der Waals surface area contributed by atoms with Crippen LogP contribution in [0.5, 0.6) is 0 Å². The average molecular weight is 409 g/mol. The molecule has 0 unspecified atom stereocenters. The molecule has 1 saturated heterocycles. The maximum Gasteiger partial charge on any atom is 0.263 e. The molecule has 3 aromatic rings. The summed E-state index contributed by atoms with van der Waals surface area (Å²) >= 11 is 6.21. The number of fused-ring (bicyclic) bond motifs is 1. The van der Waals surface area contributed by atoms with Crippen LogP contribution in [0, 0.1) is 0 Å². The molecular weight excluding hydrogens is 394 g/mol.